The lowest BCUT2D eigenvalue weighted by atomic mass is 10.2. The summed E-state index contributed by atoms with van der Waals surface area (Å²) >= 11 is 0. The summed E-state index contributed by atoms with van der Waals surface area (Å²) in [5, 5.41) is 0. The van der Waals surface area contributed by atoms with E-state index in [0.29, 0.717) is 16.9 Å². The maximum absolute atomic E-state index is 12.0. The number of nitrogens with zero attached hydrogens (tertiary/aromatic N) is 2. The summed E-state index contributed by atoms with van der Waals surface area (Å²) in [7, 11) is 0. The normalized spacial score (nSPS) is 10.6. The lowest BCUT2D eigenvalue weighted by Gasteiger charge is -2.06. The molecule has 0 unspecified atom stereocenters. The van der Waals surface area contributed by atoms with Crippen molar-refractivity contribution in [1.82, 2.24) is 9.38 Å². The summed E-state index contributed by atoms with van der Waals surface area (Å²) in [5.41, 5.74) is 2.21. The third-order valence-electron chi connectivity index (χ3n) is 3.22. The predicted molar refractivity (Wildman–Crippen MR) is 81.8 cm³/mol. The zero-order chi connectivity index (χ0) is 15.5. The fourth-order valence-corrected chi connectivity index (χ4v) is 2.13. The van der Waals surface area contributed by atoms with Gasteiger partial charge in [0.2, 0.25) is 0 Å². The minimum absolute atomic E-state index is 0.0344. The van der Waals surface area contributed by atoms with Crippen molar-refractivity contribution in [3.05, 3.63) is 81.9 Å². The molecule has 0 spiro atoms. The van der Waals surface area contributed by atoms with Crippen molar-refractivity contribution in [2.24, 2.45) is 0 Å². The van der Waals surface area contributed by atoms with Crippen LogP contribution in [0.3, 0.4) is 0 Å². The molecule has 0 saturated heterocycles. The summed E-state index contributed by atoms with van der Waals surface area (Å²) in [6.07, 6.45) is 1.73. The highest BCUT2D eigenvalue weighted by Gasteiger charge is 2.08. The Balaban J connectivity index is 1.81. The van der Waals surface area contributed by atoms with Crippen LogP contribution in [-0.4, -0.2) is 15.4 Å². The van der Waals surface area contributed by atoms with Crippen molar-refractivity contribution in [2.75, 3.05) is 0 Å². The molecule has 0 amide bonds. The van der Waals surface area contributed by atoms with Crippen molar-refractivity contribution in [3.8, 4) is 0 Å². The quantitative estimate of drug-likeness (QED) is 0.696. The molecule has 0 atom stereocenters. The molecule has 3 rings (SSSR count). The van der Waals surface area contributed by atoms with Gasteiger partial charge in [-0.05, 0) is 30.7 Å². The molecule has 0 bridgehead atoms. The second-order valence-corrected chi connectivity index (χ2v) is 4.96. The molecule has 110 valence electrons. The molecule has 0 aliphatic rings. The van der Waals surface area contributed by atoms with E-state index in [2.05, 4.69) is 4.98 Å². The summed E-state index contributed by atoms with van der Waals surface area (Å²) in [5.74, 6) is -0.438. The van der Waals surface area contributed by atoms with Crippen molar-refractivity contribution < 1.29 is 9.53 Å². The van der Waals surface area contributed by atoms with Crippen molar-refractivity contribution in [3.63, 3.8) is 0 Å². The van der Waals surface area contributed by atoms with Crippen LogP contribution in [0.25, 0.3) is 5.65 Å². The average molecular weight is 294 g/mol. The Bertz CT molecular complexity index is 885. The van der Waals surface area contributed by atoms with E-state index in [1.54, 1.807) is 36.5 Å². The van der Waals surface area contributed by atoms with Gasteiger partial charge in [0.05, 0.1) is 11.3 Å². The van der Waals surface area contributed by atoms with Crippen molar-refractivity contribution >= 4 is 11.6 Å². The number of hydrogen-bond acceptors (Lipinski definition) is 4. The number of carbonyl (C=O) groups excluding carboxylic acids is 1. The maximum atomic E-state index is 12.0. The Morgan fingerprint density at radius 2 is 1.95 bits per heavy atom. The second kappa shape index (κ2) is 5.81. The number of aromatic nitrogens is 2. The van der Waals surface area contributed by atoms with Gasteiger partial charge in [0.1, 0.15) is 12.3 Å². The van der Waals surface area contributed by atoms with Gasteiger partial charge >= 0.3 is 5.97 Å². The van der Waals surface area contributed by atoms with E-state index in [9.17, 15) is 9.59 Å². The van der Waals surface area contributed by atoms with Gasteiger partial charge in [-0.2, -0.15) is 0 Å². The van der Waals surface area contributed by atoms with Crippen LogP contribution in [0.15, 0.2) is 59.5 Å². The third-order valence-corrected chi connectivity index (χ3v) is 3.22. The standard InChI is InChI=1S/C17H14N2O3/c1-12-7-8-15-18-14(9-16(20)19(15)10-12)11-22-17(21)13-5-3-2-4-6-13/h2-10H,11H2,1H3. The first-order valence-electron chi connectivity index (χ1n) is 6.84. The Labute approximate surface area is 126 Å². The smallest absolute Gasteiger partial charge is 0.338 e. The highest BCUT2D eigenvalue weighted by Crippen LogP contribution is 2.06. The molecule has 2 heterocycles. The molecule has 5 nitrogen and oxygen atoms in total. The van der Waals surface area contributed by atoms with E-state index in [0.717, 1.165) is 5.56 Å². The van der Waals surface area contributed by atoms with E-state index in [1.807, 2.05) is 19.1 Å². The molecule has 0 aliphatic heterocycles. The third kappa shape index (κ3) is 2.88. The minimum Gasteiger partial charge on any atom is -0.456 e. The molecule has 2 aromatic heterocycles. The van der Waals surface area contributed by atoms with Gasteiger partial charge in [-0.15, -0.1) is 0 Å². The first-order valence-corrected chi connectivity index (χ1v) is 6.84. The Morgan fingerprint density at radius 3 is 2.73 bits per heavy atom. The molecule has 0 radical (unpaired) electrons. The molecule has 3 aromatic rings. The van der Waals surface area contributed by atoms with Crippen molar-refractivity contribution in [1.29, 1.82) is 0 Å². The number of rotatable bonds is 3. The first-order chi connectivity index (χ1) is 10.6. The lowest BCUT2D eigenvalue weighted by molar-refractivity contribution is 0.0467. The molecule has 0 fully saturated rings. The number of carbonyl (C=O) groups is 1. The average Bonchev–Trinajstić information content (AvgIpc) is 2.54. The van der Waals surface area contributed by atoms with Crippen molar-refractivity contribution in [2.45, 2.75) is 13.5 Å². The molecule has 22 heavy (non-hydrogen) atoms. The van der Waals surface area contributed by atoms with E-state index < -0.39 is 5.97 Å². The van der Waals surface area contributed by atoms with E-state index >= 15 is 0 Å². The molecular formula is C17H14N2O3. The van der Waals surface area contributed by atoms with Crippen LogP contribution in [-0.2, 0) is 11.3 Å². The molecule has 0 N–H and O–H groups in total. The fourth-order valence-electron chi connectivity index (χ4n) is 2.13. The molecule has 0 saturated carbocycles. The van der Waals surface area contributed by atoms with Crippen LogP contribution in [0.5, 0.6) is 0 Å². The number of fused-ring (bicyclic) bond motifs is 1. The predicted octanol–water partition coefficient (Wildman–Crippen LogP) is 2.36. The van der Waals surface area contributed by atoms with Crippen LogP contribution >= 0.6 is 0 Å². The Kier molecular flexibility index (Phi) is 3.70. The largest absolute Gasteiger partial charge is 0.456 e. The summed E-state index contributed by atoms with van der Waals surface area (Å²) in [6, 6.07) is 13.7. The van der Waals surface area contributed by atoms with Crippen LogP contribution in [0.4, 0.5) is 0 Å². The van der Waals surface area contributed by atoms with Gasteiger partial charge in [-0.3, -0.25) is 9.20 Å². The number of ether oxygens (including phenoxy) is 1. The number of hydrogen-bond donors (Lipinski definition) is 0. The molecular weight excluding hydrogens is 280 g/mol. The molecule has 1 aromatic carbocycles. The van der Waals surface area contributed by atoms with E-state index in [4.69, 9.17) is 4.74 Å². The summed E-state index contributed by atoms with van der Waals surface area (Å²) in [6.45, 7) is 1.87. The zero-order valence-corrected chi connectivity index (χ0v) is 12.0. The van der Waals surface area contributed by atoms with Gasteiger partial charge < -0.3 is 4.74 Å². The summed E-state index contributed by atoms with van der Waals surface area (Å²) in [4.78, 5) is 28.3. The highest BCUT2D eigenvalue weighted by molar-refractivity contribution is 5.89. The van der Waals surface area contributed by atoms with Crippen LogP contribution in [0, 0.1) is 6.92 Å². The van der Waals surface area contributed by atoms with Gasteiger partial charge in [0.15, 0.2) is 0 Å². The van der Waals surface area contributed by atoms with Crippen LogP contribution < -0.4 is 5.56 Å². The monoisotopic (exact) mass is 294 g/mol. The van der Waals surface area contributed by atoms with Crippen LogP contribution in [0.2, 0.25) is 0 Å². The number of benzene rings is 1. The Morgan fingerprint density at radius 1 is 1.18 bits per heavy atom. The number of esters is 1. The lowest BCUT2D eigenvalue weighted by Crippen LogP contribution is -2.16. The van der Waals surface area contributed by atoms with Gasteiger partial charge in [0.25, 0.3) is 5.56 Å². The van der Waals surface area contributed by atoms with E-state index in [-0.39, 0.29) is 12.2 Å². The fraction of sp³-hybridized carbons (Fsp3) is 0.118. The highest BCUT2D eigenvalue weighted by atomic mass is 16.5. The minimum atomic E-state index is -0.438. The second-order valence-electron chi connectivity index (χ2n) is 4.96. The van der Waals surface area contributed by atoms with Gasteiger partial charge in [-0.25, -0.2) is 9.78 Å². The molecule has 5 heteroatoms. The first kappa shape index (κ1) is 14.0. The Hall–Kier alpha value is -2.95. The number of pyridine rings is 1. The zero-order valence-electron chi connectivity index (χ0n) is 12.0. The molecule has 0 aliphatic carbocycles. The topological polar surface area (TPSA) is 60.7 Å². The van der Waals surface area contributed by atoms with Gasteiger partial charge in [0, 0.05) is 12.3 Å². The van der Waals surface area contributed by atoms with Crippen LogP contribution in [0.1, 0.15) is 21.6 Å². The summed E-state index contributed by atoms with van der Waals surface area (Å²) < 4.78 is 6.66. The maximum Gasteiger partial charge on any atom is 0.338 e. The number of aryl methyl sites for hydroxylation is 1. The SMILES string of the molecule is Cc1ccc2nc(COC(=O)c3ccccc3)cc(=O)n2c1. The van der Waals surface area contributed by atoms with Gasteiger partial charge in [-0.1, -0.05) is 24.3 Å². The van der Waals surface area contributed by atoms with E-state index in [1.165, 1.54) is 10.5 Å².